The van der Waals surface area contributed by atoms with Crippen molar-refractivity contribution in [3.05, 3.63) is 53.2 Å². The summed E-state index contributed by atoms with van der Waals surface area (Å²) in [6.45, 7) is 3.73. The number of rotatable bonds is 4. The first-order chi connectivity index (χ1) is 12.5. The van der Waals surface area contributed by atoms with Gasteiger partial charge in [0, 0.05) is 30.0 Å². The molecule has 1 aliphatic heterocycles. The van der Waals surface area contributed by atoms with Gasteiger partial charge < -0.3 is 21.3 Å². The van der Waals surface area contributed by atoms with Crippen molar-refractivity contribution < 1.29 is 9.59 Å². The molecular weight excluding hydrogens is 354 g/mol. The number of aromatic nitrogens is 1. The fraction of sp³-hybridized carbons (Fsp3) is 0.278. The van der Waals surface area contributed by atoms with E-state index in [0.717, 1.165) is 13.1 Å². The molecule has 0 unspecified atom stereocenters. The van der Waals surface area contributed by atoms with Crippen LogP contribution < -0.4 is 21.3 Å². The first kappa shape index (κ1) is 18.2. The highest BCUT2D eigenvalue weighted by atomic mass is 35.5. The van der Waals surface area contributed by atoms with Crippen LogP contribution in [0.5, 0.6) is 0 Å². The van der Waals surface area contributed by atoms with Crippen LogP contribution >= 0.6 is 11.6 Å². The van der Waals surface area contributed by atoms with Gasteiger partial charge in [0.25, 0.3) is 5.91 Å². The van der Waals surface area contributed by atoms with Gasteiger partial charge in [-0.3, -0.25) is 4.79 Å². The van der Waals surface area contributed by atoms with Gasteiger partial charge in [0.15, 0.2) is 0 Å². The minimum Gasteiger partial charge on any atom is -0.334 e. The highest BCUT2D eigenvalue weighted by Gasteiger charge is 2.24. The topological polar surface area (TPSA) is 95.1 Å². The molecule has 0 spiro atoms. The van der Waals surface area contributed by atoms with Gasteiger partial charge in [-0.2, -0.15) is 0 Å². The first-order valence-electron chi connectivity index (χ1n) is 8.32. The summed E-state index contributed by atoms with van der Waals surface area (Å²) in [5, 5.41) is 12.1. The van der Waals surface area contributed by atoms with Gasteiger partial charge in [-0.1, -0.05) is 24.6 Å². The average Bonchev–Trinajstić information content (AvgIpc) is 3.02. The molecule has 3 rings (SSSR count). The van der Waals surface area contributed by atoms with Crippen molar-refractivity contribution in [2.75, 3.05) is 23.7 Å². The van der Waals surface area contributed by atoms with Crippen LogP contribution in [0.15, 0.2) is 42.6 Å². The average molecular weight is 374 g/mol. The molecule has 0 saturated carbocycles. The Kier molecular flexibility index (Phi) is 5.70. The van der Waals surface area contributed by atoms with Crippen LogP contribution in [0.4, 0.5) is 16.3 Å². The van der Waals surface area contributed by atoms with E-state index in [1.807, 2.05) is 0 Å². The maximum absolute atomic E-state index is 12.3. The zero-order valence-electron chi connectivity index (χ0n) is 14.3. The lowest BCUT2D eigenvalue weighted by molar-refractivity contribution is 0.102. The van der Waals surface area contributed by atoms with E-state index >= 15 is 0 Å². The normalized spacial score (nSPS) is 19.0. The predicted octanol–water partition coefficient (Wildman–Crippen LogP) is 2.72. The number of benzene rings is 1. The number of urea groups is 1. The number of amides is 3. The van der Waals surface area contributed by atoms with E-state index in [9.17, 15) is 9.59 Å². The molecule has 2 aromatic rings. The number of nitrogens with zero attached hydrogens (tertiary/aromatic N) is 1. The Labute approximate surface area is 156 Å². The fourth-order valence-corrected chi connectivity index (χ4v) is 2.83. The Morgan fingerprint density at radius 2 is 2.04 bits per heavy atom. The smallest absolute Gasteiger partial charge is 0.319 e. The van der Waals surface area contributed by atoms with E-state index in [1.165, 1.54) is 6.20 Å². The largest absolute Gasteiger partial charge is 0.334 e. The number of hydrogen-bond donors (Lipinski definition) is 4. The van der Waals surface area contributed by atoms with E-state index < -0.39 is 0 Å². The highest BCUT2D eigenvalue weighted by Crippen LogP contribution is 2.14. The second-order valence-electron chi connectivity index (χ2n) is 6.24. The molecule has 1 aromatic heterocycles. The van der Waals surface area contributed by atoms with Crippen LogP contribution in [-0.4, -0.2) is 36.1 Å². The van der Waals surface area contributed by atoms with Crippen molar-refractivity contribution in [1.82, 2.24) is 15.6 Å². The lowest BCUT2D eigenvalue weighted by atomic mass is 10.1. The van der Waals surface area contributed by atoms with Crippen LogP contribution in [0.2, 0.25) is 5.02 Å². The van der Waals surface area contributed by atoms with E-state index in [0.29, 0.717) is 28.0 Å². The van der Waals surface area contributed by atoms with Gasteiger partial charge in [0.1, 0.15) is 5.82 Å². The molecule has 1 aromatic carbocycles. The lowest BCUT2D eigenvalue weighted by Crippen LogP contribution is -2.41. The quantitative estimate of drug-likeness (QED) is 0.662. The maximum atomic E-state index is 12.3. The summed E-state index contributed by atoms with van der Waals surface area (Å²) in [4.78, 5) is 28.5. The molecule has 7 nitrogen and oxygen atoms in total. The molecule has 2 heterocycles. The number of anilines is 2. The Hall–Kier alpha value is -2.64. The maximum Gasteiger partial charge on any atom is 0.319 e. The van der Waals surface area contributed by atoms with Crippen LogP contribution in [0.1, 0.15) is 17.3 Å². The minimum atomic E-state index is -0.322. The van der Waals surface area contributed by atoms with Crippen LogP contribution in [0.25, 0.3) is 0 Å². The van der Waals surface area contributed by atoms with E-state index in [1.54, 1.807) is 36.4 Å². The second-order valence-corrected chi connectivity index (χ2v) is 6.67. The number of halogens is 1. The summed E-state index contributed by atoms with van der Waals surface area (Å²) < 4.78 is 0. The summed E-state index contributed by atoms with van der Waals surface area (Å²) in [5.74, 6) is 0.459. The standard InChI is InChI=1S/C18H20ClN5O2/c1-11-8-20-10-15(11)23-18(26)22-14-4-2-3-12(7-14)17(25)24-16-6-5-13(19)9-21-16/h2-7,9,11,15,20H,8,10H2,1H3,(H,21,24,25)(H2,22,23,26)/t11-,15-/m1/s1. The summed E-state index contributed by atoms with van der Waals surface area (Å²) in [6, 6.07) is 9.78. The minimum absolute atomic E-state index is 0.0949. The fourth-order valence-electron chi connectivity index (χ4n) is 2.72. The number of carbonyl (C=O) groups excluding carboxylic acids is 2. The molecule has 1 saturated heterocycles. The van der Waals surface area contributed by atoms with Gasteiger partial charge in [-0.05, 0) is 42.8 Å². The van der Waals surface area contributed by atoms with E-state index in [4.69, 9.17) is 11.6 Å². The monoisotopic (exact) mass is 373 g/mol. The first-order valence-corrected chi connectivity index (χ1v) is 8.70. The number of carbonyl (C=O) groups is 2. The third kappa shape index (κ3) is 4.71. The van der Waals surface area contributed by atoms with Gasteiger partial charge in [-0.15, -0.1) is 0 Å². The van der Waals surface area contributed by atoms with Gasteiger partial charge in [0.05, 0.1) is 5.02 Å². The summed E-state index contributed by atoms with van der Waals surface area (Å²) in [7, 11) is 0. The molecule has 1 fully saturated rings. The Bertz CT molecular complexity index is 796. The molecule has 3 amide bonds. The van der Waals surface area contributed by atoms with Gasteiger partial charge in [-0.25, -0.2) is 9.78 Å². The number of pyridine rings is 1. The lowest BCUT2D eigenvalue weighted by Gasteiger charge is -2.17. The SMILES string of the molecule is C[C@@H]1CNC[C@H]1NC(=O)Nc1cccc(C(=O)Nc2ccc(Cl)cn2)c1. The molecule has 2 atom stereocenters. The van der Waals surface area contributed by atoms with E-state index in [2.05, 4.69) is 33.2 Å². The van der Waals surface area contributed by atoms with Crippen molar-refractivity contribution >= 4 is 35.0 Å². The zero-order valence-corrected chi connectivity index (χ0v) is 15.0. The van der Waals surface area contributed by atoms with Crippen molar-refractivity contribution in [3.63, 3.8) is 0 Å². The van der Waals surface area contributed by atoms with Gasteiger partial charge >= 0.3 is 6.03 Å². The molecule has 8 heteroatoms. The molecule has 0 bridgehead atoms. The third-order valence-corrected chi connectivity index (χ3v) is 4.41. The summed E-state index contributed by atoms with van der Waals surface area (Å²) in [6.07, 6.45) is 1.46. The zero-order chi connectivity index (χ0) is 18.5. The third-order valence-electron chi connectivity index (χ3n) is 4.19. The molecule has 0 aliphatic carbocycles. The van der Waals surface area contributed by atoms with Crippen LogP contribution in [-0.2, 0) is 0 Å². The second kappa shape index (κ2) is 8.16. The molecular formula is C18H20ClN5O2. The summed E-state index contributed by atoms with van der Waals surface area (Å²) in [5.41, 5.74) is 0.952. The Morgan fingerprint density at radius 3 is 2.73 bits per heavy atom. The molecule has 136 valence electrons. The van der Waals surface area contributed by atoms with Crippen molar-refractivity contribution in [2.24, 2.45) is 5.92 Å². The molecule has 1 aliphatic rings. The molecule has 4 N–H and O–H groups in total. The van der Waals surface area contributed by atoms with Gasteiger partial charge in [0.2, 0.25) is 0 Å². The van der Waals surface area contributed by atoms with Crippen molar-refractivity contribution in [1.29, 1.82) is 0 Å². The van der Waals surface area contributed by atoms with Crippen molar-refractivity contribution in [2.45, 2.75) is 13.0 Å². The molecule has 0 radical (unpaired) electrons. The van der Waals surface area contributed by atoms with Crippen LogP contribution in [0.3, 0.4) is 0 Å². The number of nitrogens with one attached hydrogen (secondary N) is 4. The number of hydrogen-bond acceptors (Lipinski definition) is 4. The predicted molar refractivity (Wildman–Crippen MR) is 102 cm³/mol. The summed E-state index contributed by atoms with van der Waals surface area (Å²) >= 11 is 5.78. The Morgan fingerprint density at radius 1 is 1.19 bits per heavy atom. The highest BCUT2D eigenvalue weighted by molar-refractivity contribution is 6.30. The van der Waals surface area contributed by atoms with Crippen LogP contribution in [0, 0.1) is 5.92 Å². The molecule has 26 heavy (non-hydrogen) atoms. The van der Waals surface area contributed by atoms with Crippen molar-refractivity contribution in [3.8, 4) is 0 Å². The Balaban J connectivity index is 1.61. The van der Waals surface area contributed by atoms with E-state index in [-0.39, 0.29) is 18.0 Å².